The third-order valence-corrected chi connectivity index (χ3v) is 4.98. The number of hydroxylamine groups is 1. The molecule has 0 unspecified atom stereocenters. The Labute approximate surface area is 185 Å². The lowest BCUT2D eigenvalue weighted by molar-refractivity contribution is -0.124. The summed E-state index contributed by atoms with van der Waals surface area (Å²) in [6.07, 6.45) is 2.76. The molecule has 0 aliphatic carbocycles. The number of aromatic nitrogens is 1. The molecule has 0 saturated heterocycles. The molecule has 2 amide bonds. The summed E-state index contributed by atoms with van der Waals surface area (Å²) < 4.78 is 0. The zero-order valence-corrected chi connectivity index (χ0v) is 17.2. The Kier molecular flexibility index (Phi) is 6.34. The number of hydrogen-bond donors (Lipinski definition) is 2. The number of amides is 2. The van der Waals surface area contributed by atoms with Crippen molar-refractivity contribution in [2.75, 3.05) is 4.90 Å². The van der Waals surface area contributed by atoms with Crippen LogP contribution in [0.2, 0.25) is 0 Å². The lowest BCUT2D eigenvalue weighted by Crippen LogP contribution is -2.30. The molecular formula is C26H21N3O3. The van der Waals surface area contributed by atoms with Crippen molar-refractivity contribution in [3.8, 4) is 0 Å². The number of rotatable bonds is 6. The first-order valence-electron chi connectivity index (χ1n) is 10.1. The summed E-state index contributed by atoms with van der Waals surface area (Å²) in [5.41, 5.74) is 5.23. The zero-order chi connectivity index (χ0) is 22.3. The van der Waals surface area contributed by atoms with Crippen molar-refractivity contribution in [2.24, 2.45) is 0 Å². The number of carbonyl (C=O) groups excluding carboxylic acids is 2. The molecule has 4 aromatic rings. The molecule has 32 heavy (non-hydrogen) atoms. The summed E-state index contributed by atoms with van der Waals surface area (Å²) in [5.74, 6) is -0.780. The summed E-state index contributed by atoms with van der Waals surface area (Å²) in [6, 6.07) is 28.2. The predicted molar refractivity (Wildman–Crippen MR) is 124 cm³/mol. The van der Waals surface area contributed by atoms with Crippen LogP contribution in [0.4, 0.5) is 5.69 Å². The number of hydrogen-bond acceptors (Lipinski definition) is 4. The van der Waals surface area contributed by atoms with Crippen molar-refractivity contribution in [2.45, 2.75) is 6.54 Å². The standard InChI is InChI=1S/C26H21N3O3/c30-25(28-32)17-12-19-10-13-21(14-11-19)26(31)29(23-7-2-1-3-8-23)18-22-16-15-20-6-4-5-9-24(20)27-22/h1-17,32H,18H2,(H,28,30)/b17-12+. The predicted octanol–water partition coefficient (Wildman–Crippen LogP) is 4.60. The van der Waals surface area contributed by atoms with E-state index in [0.29, 0.717) is 12.1 Å². The summed E-state index contributed by atoms with van der Waals surface area (Å²) >= 11 is 0. The van der Waals surface area contributed by atoms with Crippen molar-refractivity contribution in [1.82, 2.24) is 10.5 Å². The van der Waals surface area contributed by atoms with Gasteiger partial charge in [-0.25, -0.2) is 5.48 Å². The molecule has 0 fully saturated rings. The molecule has 2 N–H and O–H groups in total. The third kappa shape index (κ3) is 4.88. The number of benzene rings is 3. The second-order valence-corrected chi connectivity index (χ2v) is 7.15. The number of nitrogens with zero attached hydrogens (tertiary/aromatic N) is 2. The maximum atomic E-state index is 13.4. The molecule has 0 aliphatic rings. The molecule has 1 aromatic heterocycles. The van der Waals surface area contributed by atoms with Gasteiger partial charge in [0.15, 0.2) is 0 Å². The van der Waals surface area contributed by atoms with Crippen LogP contribution in [0.25, 0.3) is 17.0 Å². The minimum absolute atomic E-state index is 0.158. The SMILES string of the molecule is O=C(/C=C/c1ccc(C(=O)N(Cc2ccc3ccccc3n2)c2ccccc2)cc1)NO. The monoisotopic (exact) mass is 423 g/mol. The molecule has 3 aromatic carbocycles. The van der Waals surface area contributed by atoms with E-state index in [1.807, 2.05) is 66.7 Å². The fourth-order valence-corrected chi connectivity index (χ4v) is 3.35. The van der Waals surface area contributed by atoms with Gasteiger partial charge in [0.1, 0.15) is 0 Å². The van der Waals surface area contributed by atoms with E-state index in [1.165, 1.54) is 11.6 Å². The number of pyridine rings is 1. The molecule has 4 rings (SSSR count). The zero-order valence-electron chi connectivity index (χ0n) is 17.2. The van der Waals surface area contributed by atoms with Crippen LogP contribution in [-0.4, -0.2) is 22.0 Å². The number of nitrogens with one attached hydrogen (secondary N) is 1. The van der Waals surface area contributed by atoms with Gasteiger partial charge in [0.05, 0.1) is 17.8 Å². The largest absolute Gasteiger partial charge is 0.302 e. The summed E-state index contributed by atoms with van der Waals surface area (Å²) in [7, 11) is 0. The minimum Gasteiger partial charge on any atom is -0.302 e. The second-order valence-electron chi connectivity index (χ2n) is 7.15. The van der Waals surface area contributed by atoms with Gasteiger partial charge in [0.2, 0.25) is 0 Å². The highest BCUT2D eigenvalue weighted by Gasteiger charge is 2.19. The highest BCUT2D eigenvalue weighted by molar-refractivity contribution is 6.06. The van der Waals surface area contributed by atoms with Crippen LogP contribution in [0.15, 0.2) is 97.1 Å². The van der Waals surface area contributed by atoms with Crippen LogP contribution < -0.4 is 10.4 Å². The van der Waals surface area contributed by atoms with Crippen molar-refractivity contribution < 1.29 is 14.8 Å². The van der Waals surface area contributed by atoms with Gasteiger partial charge >= 0.3 is 0 Å². The molecule has 1 heterocycles. The second kappa shape index (κ2) is 9.68. The van der Waals surface area contributed by atoms with Crippen molar-refractivity contribution in [3.63, 3.8) is 0 Å². The van der Waals surface area contributed by atoms with E-state index in [4.69, 9.17) is 10.2 Å². The average molecular weight is 423 g/mol. The van der Waals surface area contributed by atoms with Crippen molar-refractivity contribution >= 4 is 34.5 Å². The Bertz CT molecular complexity index is 1270. The molecule has 0 aliphatic heterocycles. The van der Waals surface area contributed by atoms with E-state index >= 15 is 0 Å². The van der Waals surface area contributed by atoms with E-state index in [1.54, 1.807) is 35.2 Å². The van der Waals surface area contributed by atoms with Gasteiger partial charge < -0.3 is 4.90 Å². The first-order chi connectivity index (χ1) is 15.6. The first-order valence-corrected chi connectivity index (χ1v) is 10.1. The Balaban J connectivity index is 1.62. The van der Waals surface area contributed by atoms with Gasteiger partial charge in [-0.3, -0.25) is 19.8 Å². The summed E-state index contributed by atoms with van der Waals surface area (Å²) in [6.45, 7) is 0.325. The minimum atomic E-state index is -0.622. The average Bonchev–Trinajstić information content (AvgIpc) is 2.86. The summed E-state index contributed by atoms with van der Waals surface area (Å²) in [5, 5.41) is 9.62. The number of fused-ring (bicyclic) bond motifs is 1. The molecule has 6 nitrogen and oxygen atoms in total. The lowest BCUT2D eigenvalue weighted by Gasteiger charge is -2.23. The molecule has 0 atom stereocenters. The Morgan fingerprint density at radius 2 is 1.59 bits per heavy atom. The van der Waals surface area contributed by atoms with Crippen LogP contribution in [0.1, 0.15) is 21.6 Å². The van der Waals surface area contributed by atoms with Crippen molar-refractivity contribution in [3.05, 3.63) is 114 Å². The van der Waals surface area contributed by atoms with Gasteiger partial charge in [-0.15, -0.1) is 0 Å². The van der Waals surface area contributed by atoms with Crippen LogP contribution >= 0.6 is 0 Å². The summed E-state index contributed by atoms with van der Waals surface area (Å²) in [4.78, 5) is 31.0. The highest BCUT2D eigenvalue weighted by atomic mass is 16.5. The van der Waals surface area contributed by atoms with Gasteiger partial charge in [-0.1, -0.05) is 54.6 Å². The van der Waals surface area contributed by atoms with Gasteiger partial charge in [-0.2, -0.15) is 0 Å². The quantitative estimate of drug-likeness (QED) is 0.270. The van der Waals surface area contributed by atoms with Gasteiger partial charge in [-0.05, 0) is 48.0 Å². The molecule has 0 saturated carbocycles. The van der Waals surface area contributed by atoms with Crippen LogP contribution in [0.5, 0.6) is 0 Å². The molecule has 0 radical (unpaired) electrons. The van der Waals surface area contributed by atoms with Crippen LogP contribution in [0, 0.1) is 0 Å². The van der Waals surface area contributed by atoms with Crippen LogP contribution in [0.3, 0.4) is 0 Å². The Hall–Kier alpha value is -4.29. The normalized spacial score (nSPS) is 10.9. The van der Waals surface area contributed by atoms with E-state index in [2.05, 4.69) is 0 Å². The van der Waals surface area contributed by atoms with E-state index in [0.717, 1.165) is 27.8 Å². The van der Waals surface area contributed by atoms with Gasteiger partial charge in [0, 0.05) is 22.7 Å². The Morgan fingerprint density at radius 3 is 2.34 bits per heavy atom. The number of anilines is 1. The molecule has 6 heteroatoms. The fraction of sp³-hybridized carbons (Fsp3) is 0.0385. The fourth-order valence-electron chi connectivity index (χ4n) is 3.35. The molecule has 158 valence electrons. The van der Waals surface area contributed by atoms with E-state index in [9.17, 15) is 9.59 Å². The lowest BCUT2D eigenvalue weighted by atomic mass is 10.1. The van der Waals surface area contributed by atoms with Gasteiger partial charge in [0.25, 0.3) is 11.8 Å². The first kappa shape index (κ1) is 21.0. The van der Waals surface area contributed by atoms with E-state index < -0.39 is 5.91 Å². The topological polar surface area (TPSA) is 82.5 Å². The number of para-hydroxylation sites is 2. The van der Waals surface area contributed by atoms with E-state index in [-0.39, 0.29) is 5.91 Å². The molecule has 0 spiro atoms. The maximum Gasteiger partial charge on any atom is 0.267 e. The van der Waals surface area contributed by atoms with Crippen molar-refractivity contribution in [1.29, 1.82) is 0 Å². The molecular weight excluding hydrogens is 402 g/mol. The highest BCUT2D eigenvalue weighted by Crippen LogP contribution is 2.21. The molecule has 0 bridgehead atoms. The smallest absolute Gasteiger partial charge is 0.267 e. The maximum absolute atomic E-state index is 13.4. The Morgan fingerprint density at radius 1 is 0.875 bits per heavy atom. The number of carbonyl (C=O) groups is 2. The third-order valence-electron chi connectivity index (χ3n) is 4.98. The van der Waals surface area contributed by atoms with Crippen LogP contribution in [-0.2, 0) is 11.3 Å².